The summed E-state index contributed by atoms with van der Waals surface area (Å²) in [6.45, 7) is 19.3. The van der Waals surface area contributed by atoms with Crippen molar-refractivity contribution < 1.29 is 38.2 Å². The highest BCUT2D eigenvalue weighted by Gasteiger charge is 2.28. The third-order valence-corrected chi connectivity index (χ3v) is 6.71. The van der Waals surface area contributed by atoms with Crippen LogP contribution in [0.2, 0.25) is 0 Å². The van der Waals surface area contributed by atoms with Crippen molar-refractivity contribution in [3.63, 3.8) is 0 Å². The van der Waals surface area contributed by atoms with Crippen LogP contribution in [0.1, 0.15) is 128 Å². The number of ketones is 2. The fourth-order valence-corrected chi connectivity index (χ4v) is 4.47. The molecular formula is C36H56N2O8. The van der Waals surface area contributed by atoms with Gasteiger partial charge >= 0.3 is 11.9 Å². The minimum atomic E-state index is -0.764. The lowest BCUT2D eigenvalue weighted by molar-refractivity contribution is -0.156. The Labute approximate surface area is 275 Å². The Morgan fingerprint density at radius 1 is 0.630 bits per heavy atom. The molecule has 10 nitrogen and oxygen atoms in total. The highest BCUT2D eigenvalue weighted by atomic mass is 16.6. The molecule has 46 heavy (non-hydrogen) atoms. The molecule has 0 heterocycles. The van der Waals surface area contributed by atoms with E-state index in [-0.39, 0.29) is 84.9 Å². The van der Waals surface area contributed by atoms with Crippen molar-refractivity contribution in [3.8, 4) is 0 Å². The lowest BCUT2D eigenvalue weighted by atomic mass is 9.90. The molecule has 258 valence electrons. The van der Waals surface area contributed by atoms with Crippen molar-refractivity contribution in [2.24, 2.45) is 23.7 Å². The Kier molecular flexibility index (Phi) is 16.3. The number of amides is 2. The van der Waals surface area contributed by atoms with E-state index in [4.69, 9.17) is 9.47 Å². The minimum absolute atomic E-state index is 0.0214. The van der Waals surface area contributed by atoms with Crippen molar-refractivity contribution in [3.05, 3.63) is 35.4 Å². The Morgan fingerprint density at radius 3 is 1.28 bits per heavy atom. The third-order valence-electron chi connectivity index (χ3n) is 6.71. The summed E-state index contributed by atoms with van der Waals surface area (Å²) in [6.07, 6.45) is -0.0815. The van der Waals surface area contributed by atoms with Gasteiger partial charge in [0.15, 0.2) is 11.6 Å². The van der Waals surface area contributed by atoms with Crippen LogP contribution in [0.15, 0.2) is 24.3 Å². The van der Waals surface area contributed by atoms with Gasteiger partial charge in [0.1, 0.15) is 11.2 Å². The van der Waals surface area contributed by atoms with Crippen LogP contribution in [0.3, 0.4) is 0 Å². The van der Waals surface area contributed by atoms with Crippen LogP contribution >= 0.6 is 0 Å². The average Bonchev–Trinajstić information content (AvgIpc) is 2.92. The number of carbonyl (C=O) groups excluding carboxylic acids is 6. The van der Waals surface area contributed by atoms with Gasteiger partial charge in [-0.1, -0.05) is 45.9 Å². The molecule has 2 atom stereocenters. The number of hydrogen-bond donors (Lipinski definition) is 2. The number of Topliss-reactive ketones (excluding diaryl/α,β-unsaturated/α-hetero) is 2. The molecule has 1 rings (SSSR count). The van der Waals surface area contributed by atoms with Gasteiger partial charge in [0.05, 0.1) is 0 Å². The van der Waals surface area contributed by atoms with Crippen LogP contribution in [-0.2, 0) is 28.7 Å². The number of rotatable bonds is 18. The molecule has 2 N–H and O–H groups in total. The lowest BCUT2D eigenvalue weighted by Crippen LogP contribution is -2.35. The van der Waals surface area contributed by atoms with Gasteiger partial charge in [-0.05, 0) is 72.3 Å². The summed E-state index contributed by atoms with van der Waals surface area (Å²) in [5.74, 6) is -3.36. The maximum absolute atomic E-state index is 13.4. The number of benzene rings is 1. The Bertz CT molecular complexity index is 1120. The second kappa shape index (κ2) is 18.6. The van der Waals surface area contributed by atoms with Gasteiger partial charge < -0.3 is 20.1 Å². The number of carbonyl (C=O) groups is 6. The molecule has 0 radical (unpaired) electrons. The lowest BCUT2D eigenvalue weighted by Gasteiger charge is -2.21. The van der Waals surface area contributed by atoms with Gasteiger partial charge in [0.25, 0.3) is 0 Å². The van der Waals surface area contributed by atoms with Crippen LogP contribution in [0, 0.1) is 23.7 Å². The van der Waals surface area contributed by atoms with E-state index >= 15 is 0 Å². The van der Waals surface area contributed by atoms with Gasteiger partial charge in [0.2, 0.25) is 11.8 Å². The fourth-order valence-electron chi connectivity index (χ4n) is 4.47. The molecule has 0 spiro atoms. The second-order valence-corrected chi connectivity index (χ2v) is 14.8. The molecule has 0 aliphatic rings. The quantitative estimate of drug-likeness (QED) is 0.150. The minimum Gasteiger partial charge on any atom is -0.460 e. The van der Waals surface area contributed by atoms with E-state index in [0.29, 0.717) is 13.1 Å². The topological polar surface area (TPSA) is 145 Å². The van der Waals surface area contributed by atoms with Crippen LogP contribution < -0.4 is 10.6 Å². The van der Waals surface area contributed by atoms with Gasteiger partial charge in [-0.3, -0.25) is 28.8 Å². The smallest absolute Gasteiger partial charge is 0.306 e. The van der Waals surface area contributed by atoms with Crippen LogP contribution in [0.25, 0.3) is 0 Å². The molecule has 0 saturated heterocycles. The number of nitrogens with one attached hydrogen (secondary N) is 2. The Balaban J connectivity index is 3.10. The highest BCUT2D eigenvalue weighted by Crippen LogP contribution is 2.22. The van der Waals surface area contributed by atoms with Crippen molar-refractivity contribution in [2.45, 2.75) is 119 Å². The largest absolute Gasteiger partial charge is 0.460 e. The maximum atomic E-state index is 13.4. The van der Waals surface area contributed by atoms with E-state index in [2.05, 4.69) is 10.6 Å². The standard InChI is InChI=1S/C36H56N2O8/c1-23(2)21-37-33(43)27(14-16-31(41)45-35(5,6)7)19-29(39)25-12-11-13-26(18-25)30(40)20-28(34(44)38-22-24(3)4)15-17-32(42)46-36(8,9)10/h11-13,18,23-24,27-28H,14-17,19-22H2,1-10H3,(H,37,43)(H,38,44)/t27-,28-/m1/s1. The van der Waals surface area contributed by atoms with Crippen LogP contribution in [-0.4, -0.2) is 59.6 Å². The molecule has 0 aliphatic carbocycles. The van der Waals surface area contributed by atoms with E-state index in [9.17, 15) is 28.8 Å². The van der Waals surface area contributed by atoms with Crippen molar-refractivity contribution >= 4 is 35.3 Å². The first-order chi connectivity index (χ1) is 21.2. The van der Waals surface area contributed by atoms with Crippen molar-refractivity contribution in [1.82, 2.24) is 10.6 Å². The maximum Gasteiger partial charge on any atom is 0.306 e. The SMILES string of the molecule is CC(C)CNC(=O)[C@H](CCC(=O)OC(C)(C)C)CC(=O)c1cccc(C(=O)C[C@@H](CCC(=O)OC(C)(C)C)C(=O)NCC(C)C)c1. The molecule has 0 unspecified atom stereocenters. The molecule has 0 aromatic heterocycles. The van der Waals surface area contributed by atoms with E-state index in [1.165, 1.54) is 6.07 Å². The summed E-state index contributed by atoms with van der Waals surface area (Å²) in [5, 5.41) is 5.71. The first kappa shape index (κ1) is 40.5. The molecular weight excluding hydrogens is 588 g/mol. The predicted octanol–water partition coefficient (Wildman–Crippen LogP) is 5.85. The first-order valence-electron chi connectivity index (χ1n) is 16.3. The van der Waals surface area contributed by atoms with Crippen LogP contribution in [0.4, 0.5) is 0 Å². The molecule has 1 aromatic carbocycles. The summed E-state index contributed by atoms with van der Waals surface area (Å²) >= 11 is 0. The van der Waals surface area contributed by atoms with Gasteiger partial charge in [0, 0.05) is 61.7 Å². The molecule has 10 heteroatoms. The van der Waals surface area contributed by atoms with E-state index < -0.39 is 35.0 Å². The number of ether oxygens (including phenoxy) is 2. The number of esters is 2. The zero-order valence-electron chi connectivity index (χ0n) is 29.5. The Morgan fingerprint density at radius 2 is 0.978 bits per heavy atom. The van der Waals surface area contributed by atoms with Crippen LogP contribution in [0.5, 0.6) is 0 Å². The Hall–Kier alpha value is -3.56. The monoisotopic (exact) mass is 644 g/mol. The second-order valence-electron chi connectivity index (χ2n) is 14.8. The van der Waals surface area contributed by atoms with E-state index in [0.717, 1.165) is 0 Å². The normalized spacial score (nSPS) is 13.1. The van der Waals surface area contributed by atoms with Crippen molar-refractivity contribution in [2.75, 3.05) is 13.1 Å². The molecule has 1 aromatic rings. The zero-order valence-corrected chi connectivity index (χ0v) is 29.5. The fraction of sp³-hybridized carbons (Fsp3) is 0.667. The molecule has 2 amide bonds. The zero-order chi connectivity index (χ0) is 35.2. The first-order valence-corrected chi connectivity index (χ1v) is 16.3. The third kappa shape index (κ3) is 17.2. The molecule has 0 aliphatic heterocycles. The summed E-state index contributed by atoms with van der Waals surface area (Å²) in [4.78, 5) is 77.5. The molecule has 0 fully saturated rings. The predicted molar refractivity (Wildman–Crippen MR) is 177 cm³/mol. The summed E-state index contributed by atoms with van der Waals surface area (Å²) in [5.41, 5.74) is -0.836. The molecule has 0 saturated carbocycles. The summed E-state index contributed by atoms with van der Waals surface area (Å²) in [6, 6.07) is 6.21. The summed E-state index contributed by atoms with van der Waals surface area (Å²) < 4.78 is 10.8. The van der Waals surface area contributed by atoms with Gasteiger partial charge in [-0.25, -0.2) is 0 Å². The summed E-state index contributed by atoms with van der Waals surface area (Å²) in [7, 11) is 0. The average molecular weight is 645 g/mol. The van der Waals surface area contributed by atoms with Gasteiger partial charge in [-0.2, -0.15) is 0 Å². The molecule has 0 bridgehead atoms. The number of hydrogen-bond acceptors (Lipinski definition) is 8. The van der Waals surface area contributed by atoms with E-state index in [1.54, 1.807) is 59.7 Å². The van der Waals surface area contributed by atoms with E-state index in [1.807, 2.05) is 27.7 Å². The van der Waals surface area contributed by atoms with Gasteiger partial charge in [-0.15, -0.1) is 0 Å². The van der Waals surface area contributed by atoms with Crippen molar-refractivity contribution in [1.29, 1.82) is 0 Å². The highest BCUT2D eigenvalue weighted by molar-refractivity contribution is 6.03.